The summed E-state index contributed by atoms with van der Waals surface area (Å²) in [6, 6.07) is 3.85. The average molecular weight is 287 g/mol. The molecule has 0 atom stereocenters. The van der Waals surface area contributed by atoms with Crippen molar-refractivity contribution < 1.29 is 4.74 Å². The molecule has 1 aliphatic heterocycles. The van der Waals surface area contributed by atoms with Crippen molar-refractivity contribution in [2.75, 3.05) is 25.1 Å². The maximum Gasteiger partial charge on any atom is 0.126 e. The van der Waals surface area contributed by atoms with Gasteiger partial charge in [0.15, 0.2) is 0 Å². The van der Waals surface area contributed by atoms with Crippen LogP contribution in [-0.2, 0) is 10.5 Å². The van der Waals surface area contributed by atoms with E-state index in [4.69, 9.17) is 16.3 Å². The Morgan fingerprint density at radius 3 is 2.94 bits per heavy atom. The van der Waals surface area contributed by atoms with Gasteiger partial charge in [0.05, 0.1) is 10.7 Å². The molecule has 2 heterocycles. The van der Waals surface area contributed by atoms with Gasteiger partial charge in [0.1, 0.15) is 5.82 Å². The average Bonchev–Trinajstić information content (AvgIpc) is 2.41. The molecule has 2 rings (SSSR count). The molecule has 0 aromatic carbocycles. The van der Waals surface area contributed by atoms with Gasteiger partial charge in [-0.25, -0.2) is 4.98 Å². The van der Waals surface area contributed by atoms with E-state index in [-0.39, 0.29) is 0 Å². The van der Waals surface area contributed by atoms with Crippen LogP contribution in [0.25, 0.3) is 0 Å². The Hall–Kier alpha value is -0.450. The first-order valence-corrected chi connectivity index (χ1v) is 7.81. The maximum atomic E-state index is 6.19. The van der Waals surface area contributed by atoms with E-state index in [9.17, 15) is 0 Å². The Labute approximate surface area is 118 Å². The number of aromatic nitrogens is 1. The van der Waals surface area contributed by atoms with Crippen LogP contribution in [0.4, 0.5) is 5.82 Å². The highest BCUT2D eigenvalue weighted by molar-refractivity contribution is 7.99. The highest BCUT2D eigenvalue weighted by Crippen LogP contribution is 2.28. The van der Waals surface area contributed by atoms with Crippen molar-refractivity contribution in [3.63, 3.8) is 0 Å². The quantitative estimate of drug-likeness (QED) is 0.897. The molecule has 18 heavy (non-hydrogen) atoms. The molecule has 0 bridgehead atoms. The minimum atomic E-state index is 0.680. The third kappa shape index (κ3) is 4.04. The first kappa shape index (κ1) is 14.0. The summed E-state index contributed by atoms with van der Waals surface area (Å²) in [6.07, 6.45) is 2.27. The molecule has 100 valence electrons. The zero-order valence-corrected chi connectivity index (χ0v) is 12.2. The fourth-order valence-corrected chi connectivity index (χ4v) is 3.30. The summed E-state index contributed by atoms with van der Waals surface area (Å²) in [5, 5.41) is 4.65. The van der Waals surface area contributed by atoms with Crippen molar-refractivity contribution in [1.29, 1.82) is 0 Å². The van der Waals surface area contributed by atoms with Crippen LogP contribution < -0.4 is 5.32 Å². The number of ether oxygens (including phenoxy) is 1. The number of anilines is 1. The minimum Gasteiger partial charge on any atom is -0.381 e. The largest absolute Gasteiger partial charge is 0.381 e. The predicted octanol–water partition coefficient (Wildman–Crippen LogP) is 3.58. The van der Waals surface area contributed by atoms with Crippen LogP contribution in [0.5, 0.6) is 0 Å². The summed E-state index contributed by atoms with van der Waals surface area (Å²) >= 11 is 8.12. The number of nitrogens with zero attached hydrogens (tertiary/aromatic N) is 1. The van der Waals surface area contributed by atoms with E-state index in [2.05, 4.69) is 17.2 Å². The number of halogens is 1. The summed E-state index contributed by atoms with van der Waals surface area (Å²) in [5.41, 5.74) is 0.978. The molecular formula is C13H19ClN2OS. The molecule has 1 N–H and O–H groups in total. The van der Waals surface area contributed by atoms with Crippen LogP contribution >= 0.6 is 23.4 Å². The molecule has 1 aliphatic rings. The number of hydrogen-bond donors (Lipinski definition) is 1. The number of nitrogens with one attached hydrogen (secondary N) is 1. The summed E-state index contributed by atoms with van der Waals surface area (Å²) < 4.78 is 5.36. The van der Waals surface area contributed by atoms with Crippen LogP contribution in [0.2, 0.25) is 5.02 Å². The Kier molecular flexibility index (Phi) is 5.60. The molecular weight excluding hydrogens is 268 g/mol. The fraction of sp³-hybridized carbons (Fsp3) is 0.615. The lowest BCUT2D eigenvalue weighted by molar-refractivity contribution is 0.1000. The highest BCUT2D eigenvalue weighted by Gasteiger charge is 2.15. The topological polar surface area (TPSA) is 34.1 Å². The zero-order valence-electron chi connectivity index (χ0n) is 10.6. The molecule has 0 spiro atoms. The molecule has 0 radical (unpaired) electrons. The van der Waals surface area contributed by atoms with Crippen molar-refractivity contribution in [2.24, 2.45) is 0 Å². The van der Waals surface area contributed by atoms with E-state index >= 15 is 0 Å². The van der Waals surface area contributed by atoms with E-state index in [1.807, 2.05) is 23.9 Å². The minimum absolute atomic E-state index is 0.680. The maximum absolute atomic E-state index is 6.19. The third-order valence-corrected chi connectivity index (χ3v) is 4.63. The lowest BCUT2D eigenvalue weighted by atomic mass is 10.2. The van der Waals surface area contributed by atoms with Gasteiger partial charge in [0, 0.05) is 30.8 Å². The van der Waals surface area contributed by atoms with Gasteiger partial charge in [0.25, 0.3) is 0 Å². The van der Waals surface area contributed by atoms with Gasteiger partial charge in [-0.3, -0.25) is 0 Å². The SMILES string of the molecule is CCNc1ccc(Cl)c(CSC2CCOCC2)n1. The number of rotatable bonds is 5. The van der Waals surface area contributed by atoms with Crippen molar-refractivity contribution in [2.45, 2.75) is 30.8 Å². The zero-order chi connectivity index (χ0) is 12.8. The Bertz CT molecular complexity index is 383. The molecule has 1 saturated heterocycles. The van der Waals surface area contributed by atoms with Crippen molar-refractivity contribution in [3.8, 4) is 0 Å². The molecule has 0 saturated carbocycles. The summed E-state index contributed by atoms with van der Waals surface area (Å²) in [6.45, 7) is 4.71. The number of thioether (sulfide) groups is 1. The first-order valence-electron chi connectivity index (χ1n) is 6.38. The van der Waals surface area contributed by atoms with Crippen LogP contribution in [0, 0.1) is 0 Å². The summed E-state index contributed by atoms with van der Waals surface area (Å²) in [5.74, 6) is 1.78. The molecule has 0 amide bonds. The molecule has 0 unspecified atom stereocenters. The third-order valence-electron chi connectivity index (χ3n) is 2.90. The van der Waals surface area contributed by atoms with Crippen molar-refractivity contribution in [1.82, 2.24) is 4.98 Å². The Morgan fingerprint density at radius 1 is 1.44 bits per heavy atom. The van der Waals surface area contributed by atoms with Crippen molar-refractivity contribution in [3.05, 3.63) is 22.8 Å². The predicted molar refractivity (Wildman–Crippen MR) is 78.5 cm³/mol. The van der Waals surface area contributed by atoms with Crippen LogP contribution in [0.1, 0.15) is 25.5 Å². The summed E-state index contributed by atoms with van der Waals surface area (Å²) in [7, 11) is 0. The molecule has 3 nitrogen and oxygen atoms in total. The van der Waals surface area contributed by atoms with E-state index in [0.717, 1.165) is 54.9 Å². The van der Waals surface area contributed by atoms with Gasteiger partial charge in [-0.15, -0.1) is 0 Å². The van der Waals surface area contributed by atoms with Gasteiger partial charge in [-0.05, 0) is 31.9 Å². The lowest BCUT2D eigenvalue weighted by Crippen LogP contribution is -2.17. The van der Waals surface area contributed by atoms with Crippen LogP contribution in [0.15, 0.2) is 12.1 Å². The second kappa shape index (κ2) is 7.22. The second-order valence-corrected chi connectivity index (χ2v) is 5.97. The van der Waals surface area contributed by atoms with Gasteiger partial charge in [-0.2, -0.15) is 11.8 Å². The van der Waals surface area contributed by atoms with Gasteiger partial charge in [-0.1, -0.05) is 11.6 Å². The molecule has 0 aliphatic carbocycles. The van der Waals surface area contributed by atoms with E-state index < -0.39 is 0 Å². The highest BCUT2D eigenvalue weighted by atomic mass is 35.5. The van der Waals surface area contributed by atoms with E-state index in [1.165, 1.54) is 0 Å². The van der Waals surface area contributed by atoms with Gasteiger partial charge < -0.3 is 10.1 Å². The van der Waals surface area contributed by atoms with E-state index in [0.29, 0.717) is 5.25 Å². The summed E-state index contributed by atoms with van der Waals surface area (Å²) in [4.78, 5) is 4.55. The first-order chi connectivity index (χ1) is 8.79. The molecule has 5 heteroatoms. The molecule has 1 aromatic rings. The van der Waals surface area contributed by atoms with E-state index in [1.54, 1.807) is 0 Å². The lowest BCUT2D eigenvalue weighted by Gasteiger charge is -2.21. The second-order valence-electron chi connectivity index (χ2n) is 4.28. The normalized spacial score (nSPS) is 16.8. The van der Waals surface area contributed by atoms with Gasteiger partial charge in [0.2, 0.25) is 0 Å². The standard InChI is InChI=1S/C13H19ClN2OS/c1-2-15-13-4-3-11(14)12(16-13)9-18-10-5-7-17-8-6-10/h3-4,10H,2,5-9H2,1H3,(H,15,16). The smallest absolute Gasteiger partial charge is 0.126 e. The Morgan fingerprint density at radius 2 is 2.22 bits per heavy atom. The van der Waals surface area contributed by atoms with Gasteiger partial charge >= 0.3 is 0 Å². The number of pyridine rings is 1. The van der Waals surface area contributed by atoms with Crippen LogP contribution in [-0.4, -0.2) is 30.0 Å². The number of hydrogen-bond acceptors (Lipinski definition) is 4. The molecule has 1 aromatic heterocycles. The van der Waals surface area contributed by atoms with Crippen molar-refractivity contribution >= 4 is 29.2 Å². The van der Waals surface area contributed by atoms with Crippen LogP contribution in [0.3, 0.4) is 0 Å². The Balaban J connectivity index is 1.92. The molecule has 1 fully saturated rings. The monoisotopic (exact) mass is 286 g/mol. The fourth-order valence-electron chi connectivity index (χ4n) is 1.90.